The van der Waals surface area contributed by atoms with E-state index in [0.717, 1.165) is 36.2 Å². The van der Waals surface area contributed by atoms with Gasteiger partial charge < -0.3 is 10.4 Å². The zero-order valence-electron chi connectivity index (χ0n) is 16.8. The van der Waals surface area contributed by atoms with Crippen molar-refractivity contribution in [2.75, 3.05) is 11.9 Å². The van der Waals surface area contributed by atoms with E-state index in [1.807, 2.05) is 23.8 Å². The number of hydrogen-bond acceptors (Lipinski definition) is 7. The lowest BCUT2D eigenvalue weighted by Crippen LogP contribution is -2.32. The molecule has 0 spiro atoms. The summed E-state index contributed by atoms with van der Waals surface area (Å²) in [6.45, 7) is 2.17. The highest BCUT2D eigenvalue weighted by Crippen LogP contribution is 2.63. The highest BCUT2D eigenvalue weighted by atomic mass is 16.3. The Labute approximate surface area is 171 Å². The molecule has 7 rings (SSSR count). The second-order valence-electron chi connectivity index (χ2n) is 8.77. The smallest absolute Gasteiger partial charge is 0.330 e. The molecule has 4 heterocycles. The number of aromatic nitrogens is 7. The summed E-state index contributed by atoms with van der Waals surface area (Å²) in [5, 5.41) is 17.2. The van der Waals surface area contributed by atoms with Crippen LogP contribution in [0.2, 0.25) is 0 Å². The molecule has 1 atom stereocenters. The predicted octanol–water partition coefficient (Wildman–Crippen LogP) is 1.56. The number of aliphatic hydroxyl groups is 1. The molecule has 2 bridgehead atoms. The number of anilines is 2. The SMILES string of the molecule is Cc1cc2ncnn2cc1Nc1ncc2c(n1)n([C@@H]1CC3(CO)CC1C3)c(=O)n2C. The van der Waals surface area contributed by atoms with Crippen molar-refractivity contribution in [3.63, 3.8) is 0 Å². The van der Waals surface area contributed by atoms with Crippen molar-refractivity contribution in [3.8, 4) is 0 Å². The molecule has 0 aromatic carbocycles. The van der Waals surface area contributed by atoms with Crippen LogP contribution in [-0.4, -0.2) is 45.4 Å². The number of pyridine rings is 1. The second-order valence-corrected chi connectivity index (χ2v) is 8.77. The molecule has 3 fully saturated rings. The Morgan fingerprint density at radius 1 is 1.30 bits per heavy atom. The average molecular weight is 406 g/mol. The summed E-state index contributed by atoms with van der Waals surface area (Å²) in [4.78, 5) is 26.4. The van der Waals surface area contributed by atoms with Crippen molar-refractivity contribution in [2.24, 2.45) is 18.4 Å². The standard InChI is InChI=1S/C20H22N8O2/c1-11-3-16-22-10-23-27(16)8-13(11)24-18-21-7-15-17(25-18)28(19(30)26(15)2)14-6-20(9-29)4-12(14)5-20/h3,7-8,10,12,14,29H,4-6,9H2,1-2H3,(H,21,24,25)/t12?,14-,20?/m1/s1. The molecule has 0 unspecified atom stereocenters. The average Bonchev–Trinajstić information content (AvgIpc) is 3.44. The number of aryl methyl sites for hydroxylation is 2. The fourth-order valence-electron chi connectivity index (χ4n) is 5.30. The van der Waals surface area contributed by atoms with Gasteiger partial charge in [-0.15, -0.1) is 0 Å². The lowest BCUT2D eigenvalue weighted by molar-refractivity contribution is 0.0546. The summed E-state index contributed by atoms with van der Waals surface area (Å²) in [7, 11) is 1.75. The molecule has 3 saturated carbocycles. The molecule has 30 heavy (non-hydrogen) atoms. The first kappa shape index (κ1) is 17.6. The number of imidazole rings is 1. The van der Waals surface area contributed by atoms with E-state index in [4.69, 9.17) is 4.98 Å². The number of fused-ring (bicyclic) bond motifs is 3. The first-order valence-electron chi connectivity index (χ1n) is 10.1. The Kier molecular flexibility index (Phi) is 3.45. The summed E-state index contributed by atoms with van der Waals surface area (Å²) in [6, 6.07) is 2.01. The summed E-state index contributed by atoms with van der Waals surface area (Å²) in [5.74, 6) is 0.843. The Balaban J connectivity index is 1.43. The number of aliphatic hydroxyl groups excluding tert-OH is 1. The number of rotatable bonds is 4. The summed E-state index contributed by atoms with van der Waals surface area (Å²) < 4.78 is 5.10. The predicted molar refractivity (Wildman–Crippen MR) is 110 cm³/mol. The minimum absolute atomic E-state index is 0.0185. The number of hydrogen-bond donors (Lipinski definition) is 2. The molecule has 0 radical (unpaired) electrons. The van der Waals surface area contributed by atoms with Gasteiger partial charge in [-0.05, 0) is 49.1 Å². The van der Waals surface area contributed by atoms with Crippen LogP contribution in [0, 0.1) is 18.3 Å². The third-order valence-corrected chi connectivity index (χ3v) is 6.95. The lowest BCUT2D eigenvalue weighted by atomic mass is 9.70. The Bertz CT molecular complexity index is 1360. The van der Waals surface area contributed by atoms with Gasteiger partial charge in [-0.25, -0.2) is 19.3 Å². The zero-order chi connectivity index (χ0) is 20.6. The van der Waals surface area contributed by atoms with Crippen molar-refractivity contribution >= 4 is 28.4 Å². The summed E-state index contributed by atoms with van der Waals surface area (Å²) >= 11 is 0. The largest absolute Gasteiger partial charge is 0.396 e. The van der Waals surface area contributed by atoms with Gasteiger partial charge in [0.2, 0.25) is 5.95 Å². The maximum Gasteiger partial charge on any atom is 0.330 e. The molecule has 154 valence electrons. The Morgan fingerprint density at radius 3 is 2.90 bits per heavy atom. The molecule has 10 nitrogen and oxygen atoms in total. The van der Waals surface area contributed by atoms with Crippen molar-refractivity contribution in [1.82, 2.24) is 33.7 Å². The summed E-state index contributed by atoms with van der Waals surface area (Å²) in [5.41, 5.74) is 3.81. The fourth-order valence-corrected chi connectivity index (χ4v) is 5.30. The van der Waals surface area contributed by atoms with E-state index >= 15 is 0 Å². The maximum atomic E-state index is 13.0. The number of nitrogens with one attached hydrogen (secondary N) is 1. The highest BCUT2D eigenvalue weighted by Gasteiger charge is 2.56. The van der Waals surface area contributed by atoms with E-state index < -0.39 is 0 Å². The summed E-state index contributed by atoms with van der Waals surface area (Å²) in [6.07, 6.45) is 7.82. The van der Waals surface area contributed by atoms with Gasteiger partial charge in [0.15, 0.2) is 11.3 Å². The topological polar surface area (TPSA) is 115 Å². The van der Waals surface area contributed by atoms with Crippen LogP contribution in [0.3, 0.4) is 0 Å². The van der Waals surface area contributed by atoms with Crippen LogP contribution < -0.4 is 11.0 Å². The van der Waals surface area contributed by atoms with Crippen LogP contribution in [0.25, 0.3) is 16.8 Å². The van der Waals surface area contributed by atoms with E-state index in [1.54, 1.807) is 22.3 Å². The maximum absolute atomic E-state index is 13.0. The second kappa shape index (κ2) is 5.88. The quantitative estimate of drug-likeness (QED) is 0.528. The van der Waals surface area contributed by atoms with Gasteiger partial charge in [0.1, 0.15) is 11.8 Å². The molecule has 2 N–H and O–H groups in total. The van der Waals surface area contributed by atoms with Crippen LogP contribution in [0.1, 0.15) is 30.9 Å². The van der Waals surface area contributed by atoms with Crippen molar-refractivity contribution < 1.29 is 5.11 Å². The molecule has 0 amide bonds. The van der Waals surface area contributed by atoms with Crippen LogP contribution in [0.4, 0.5) is 11.6 Å². The number of nitrogens with zero attached hydrogens (tertiary/aromatic N) is 7. The first-order valence-corrected chi connectivity index (χ1v) is 10.1. The molecule has 0 saturated heterocycles. The van der Waals surface area contributed by atoms with E-state index in [0.29, 0.717) is 23.0 Å². The Morgan fingerprint density at radius 2 is 2.13 bits per heavy atom. The lowest BCUT2D eigenvalue weighted by Gasteiger charge is -2.36. The van der Waals surface area contributed by atoms with Gasteiger partial charge in [0.05, 0.1) is 18.1 Å². The van der Waals surface area contributed by atoms with Gasteiger partial charge >= 0.3 is 5.69 Å². The van der Waals surface area contributed by atoms with Crippen molar-refractivity contribution in [2.45, 2.75) is 32.2 Å². The molecular formula is C20H22N8O2. The van der Waals surface area contributed by atoms with Gasteiger partial charge in [-0.2, -0.15) is 10.1 Å². The van der Waals surface area contributed by atoms with Crippen LogP contribution in [0.15, 0.2) is 29.6 Å². The minimum atomic E-state index is -0.0812. The normalized spacial score (nSPS) is 25.2. The fraction of sp³-hybridized carbons (Fsp3) is 0.450. The molecular weight excluding hydrogens is 384 g/mol. The van der Waals surface area contributed by atoms with Crippen molar-refractivity contribution in [3.05, 3.63) is 40.8 Å². The molecule has 3 aliphatic carbocycles. The molecule has 4 aromatic heterocycles. The van der Waals surface area contributed by atoms with Crippen LogP contribution in [-0.2, 0) is 7.05 Å². The third-order valence-electron chi connectivity index (χ3n) is 6.95. The molecule has 3 aliphatic rings. The van der Waals surface area contributed by atoms with E-state index in [-0.39, 0.29) is 23.8 Å². The minimum Gasteiger partial charge on any atom is -0.396 e. The van der Waals surface area contributed by atoms with E-state index in [2.05, 4.69) is 20.4 Å². The van der Waals surface area contributed by atoms with Gasteiger partial charge in [0.25, 0.3) is 0 Å². The first-order chi connectivity index (χ1) is 14.5. The monoisotopic (exact) mass is 406 g/mol. The van der Waals surface area contributed by atoms with Gasteiger partial charge in [0, 0.05) is 19.7 Å². The zero-order valence-corrected chi connectivity index (χ0v) is 16.8. The van der Waals surface area contributed by atoms with E-state index in [1.165, 1.54) is 6.33 Å². The Hall–Kier alpha value is -3.27. The molecule has 4 aromatic rings. The van der Waals surface area contributed by atoms with Crippen molar-refractivity contribution in [1.29, 1.82) is 0 Å². The van der Waals surface area contributed by atoms with Gasteiger partial charge in [-0.3, -0.25) is 9.13 Å². The molecule has 0 aliphatic heterocycles. The van der Waals surface area contributed by atoms with Crippen LogP contribution >= 0.6 is 0 Å². The van der Waals surface area contributed by atoms with Crippen LogP contribution in [0.5, 0.6) is 0 Å². The van der Waals surface area contributed by atoms with E-state index in [9.17, 15) is 9.90 Å². The highest BCUT2D eigenvalue weighted by molar-refractivity contribution is 5.73. The third kappa shape index (κ3) is 2.30. The van der Waals surface area contributed by atoms with Gasteiger partial charge in [-0.1, -0.05) is 0 Å². The molecule has 10 heteroatoms.